The van der Waals surface area contributed by atoms with Gasteiger partial charge < -0.3 is 14.8 Å². The number of halogens is 2. The first-order valence-electron chi connectivity index (χ1n) is 5.30. The zero-order valence-electron chi connectivity index (χ0n) is 10.3. The highest BCUT2D eigenvalue weighted by molar-refractivity contribution is 9.10. The van der Waals surface area contributed by atoms with Gasteiger partial charge in [-0.3, -0.25) is 0 Å². The summed E-state index contributed by atoms with van der Waals surface area (Å²) in [5.74, 6) is 1.53. The maximum Gasteiger partial charge on any atom is 0.199 e. The number of hydrogen-bond acceptors (Lipinski definition) is 5. The van der Waals surface area contributed by atoms with Crippen molar-refractivity contribution in [2.45, 2.75) is 0 Å². The lowest BCUT2D eigenvalue weighted by Crippen LogP contribution is -2.00. The van der Waals surface area contributed by atoms with Crippen molar-refractivity contribution in [3.63, 3.8) is 0 Å². The lowest BCUT2D eigenvalue weighted by atomic mass is 10.3. The third kappa shape index (κ3) is 3.08. The second-order valence-electron chi connectivity index (χ2n) is 3.52. The van der Waals surface area contributed by atoms with E-state index < -0.39 is 0 Å². The molecule has 0 saturated heterocycles. The van der Waals surface area contributed by atoms with E-state index >= 15 is 0 Å². The van der Waals surface area contributed by atoms with Crippen molar-refractivity contribution in [3.8, 4) is 11.5 Å². The van der Waals surface area contributed by atoms with Crippen LogP contribution in [-0.4, -0.2) is 24.2 Å². The first-order chi connectivity index (χ1) is 9.15. The zero-order valence-corrected chi connectivity index (χ0v) is 12.6. The van der Waals surface area contributed by atoms with E-state index in [0.717, 1.165) is 10.2 Å². The van der Waals surface area contributed by atoms with Crippen LogP contribution < -0.4 is 14.8 Å². The van der Waals surface area contributed by atoms with E-state index in [9.17, 15) is 0 Å². The molecule has 1 heterocycles. The van der Waals surface area contributed by atoms with E-state index in [0.29, 0.717) is 17.3 Å². The highest BCUT2D eigenvalue weighted by Gasteiger charge is 2.12. The summed E-state index contributed by atoms with van der Waals surface area (Å²) in [4.78, 5) is 7.97. The molecule has 0 radical (unpaired) electrons. The van der Waals surface area contributed by atoms with Gasteiger partial charge in [-0.1, -0.05) is 27.5 Å². The molecule has 19 heavy (non-hydrogen) atoms. The Labute approximate surface area is 124 Å². The highest BCUT2D eigenvalue weighted by Crippen LogP contribution is 2.35. The summed E-state index contributed by atoms with van der Waals surface area (Å²) in [6.07, 6.45) is 1.36. The molecule has 0 amide bonds. The Kier molecular flexibility index (Phi) is 4.44. The van der Waals surface area contributed by atoms with Crippen LogP contribution in [0, 0.1) is 0 Å². The SMILES string of the molecule is COc1ccc(Br)cc1Nc1ncnc(Cl)c1OC. The van der Waals surface area contributed by atoms with Crippen LogP contribution in [0.4, 0.5) is 11.5 Å². The molecule has 0 spiro atoms. The molecule has 2 aromatic rings. The molecular weight excluding hydrogens is 334 g/mol. The van der Waals surface area contributed by atoms with E-state index in [1.807, 2.05) is 18.2 Å². The molecule has 1 aromatic carbocycles. The lowest BCUT2D eigenvalue weighted by molar-refractivity contribution is 0.412. The van der Waals surface area contributed by atoms with E-state index in [2.05, 4.69) is 31.2 Å². The molecule has 0 aliphatic carbocycles. The number of methoxy groups -OCH3 is 2. The largest absolute Gasteiger partial charge is 0.495 e. The fourth-order valence-electron chi connectivity index (χ4n) is 1.53. The molecule has 7 heteroatoms. The van der Waals surface area contributed by atoms with Crippen molar-refractivity contribution in [3.05, 3.63) is 34.2 Å². The smallest absolute Gasteiger partial charge is 0.199 e. The average molecular weight is 345 g/mol. The molecule has 0 aliphatic heterocycles. The van der Waals surface area contributed by atoms with E-state index in [1.165, 1.54) is 13.4 Å². The monoisotopic (exact) mass is 343 g/mol. The minimum absolute atomic E-state index is 0.244. The predicted molar refractivity (Wildman–Crippen MR) is 77.6 cm³/mol. The van der Waals surface area contributed by atoms with Gasteiger partial charge in [-0.05, 0) is 18.2 Å². The summed E-state index contributed by atoms with van der Waals surface area (Å²) in [7, 11) is 3.10. The number of rotatable bonds is 4. The average Bonchev–Trinajstić information content (AvgIpc) is 2.39. The van der Waals surface area contributed by atoms with Crippen molar-refractivity contribution in [2.24, 2.45) is 0 Å². The van der Waals surface area contributed by atoms with Gasteiger partial charge in [0.1, 0.15) is 12.1 Å². The van der Waals surface area contributed by atoms with Crippen LogP contribution in [0.15, 0.2) is 29.0 Å². The number of nitrogens with zero attached hydrogens (tertiary/aromatic N) is 2. The van der Waals surface area contributed by atoms with Gasteiger partial charge in [0.25, 0.3) is 0 Å². The van der Waals surface area contributed by atoms with Gasteiger partial charge in [-0.25, -0.2) is 9.97 Å². The van der Waals surface area contributed by atoms with Crippen LogP contribution in [0.1, 0.15) is 0 Å². The number of anilines is 2. The fraction of sp³-hybridized carbons (Fsp3) is 0.167. The minimum Gasteiger partial charge on any atom is -0.495 e. The van der Waals surface area contributed by atoms with E-state index in [-0.39, 0.29) is 5.15 Å². The third-order valence-corrected chi connectivity index (χ3v) is 3.14. The summed E-state index contributed by atoms with van der Waals surface area (Å²) < 4.78 is 11.4. The summed E-state index contributed by atoms with van der Waals surface area (Å²) in [5, 5.41) is 3.35. The molecule has 1 N–H and O–H groups in total. The molecular formula is C12H11BrClN3O2. The van der Waals surface area contributed by atoms with Crippen LogP contribution >= 0.6 is 27.5 Å². The Morgan fingerprint density at radius 3 is 2.68 bits per heavy atom. The quantitative estimate of drug-likeness (QED) is 0.858. The van der Waals surface area contributed by atoms with Gasteiger partial charge in [-0.2, -0.15) is 0 Å². The molecule has 0 aliphatic rings. The molecule has 0 unspecified atom stereocenters. The topological polar surface area (TPSA) is 56.3 Å². The molecule has 5 nitrogen and oxygen atoms in total. The molecule has 100 valence electrons. The van der Waals surface area contributed by atoms with Crippen LogP contribution in [0.25, 0.3) is 0 Å². The van der Waals surface area contributed by atoms with Crippen LogP contribution in [0.5, 0.6) is 11.5 Å². The van der Waals surface area contributed by atoms with E-state index in [1.54, 1.807) is 7.11 Å². The number of benzene rings is 1. The number of hydrogen-bond donors (Lipinski definition) is 1. The van der Waals surface area contributed by atoms with Crippen molar-refractivity contribution < 1.29 is 9.47 Å². The van der Waals surface area contributed by atoms with Gasteiger partial charge in [0.05, 0.1) is 19.9 Å². The third-order valence-electron chi connectivity index (χ3n) is 2.38. The summed E-state index contributed by atoms with van der Waals surface area (Å²) in [6, 6.07) is 5.59. The first kappa shape index (κ1) is 13.9. The maximum absolute atomic E-state index is 5.94. The van der Waals surface area contributed by atoms with Gasteiger partial charge in [0.15, 0.2) is 16.7 Å². The molecule has 0 saturated carbocycles. The fourth-order valence-corrected chi connectivity index (χ4v) is 2.10. The highest BCUT2D eigenvalue weighted by atomic mass is 79.9. The minimum atomic E-state index is 0.244. The second kappa shape index (κ2) is 6.08. The number of ether oxygens (including phenoxy) is 2. The molecule has 1 aromatic heterocycles. The summed E-state index contributed by atoms with van der Waals surface area (Å²) in [5.41, 5.74) is 0.741. The van der Waals surface area contributed by atoms with Crippen molar-refractivity contribution in [2.75, 3.05) is 19.5 Å². The predicted octanol–water partition coefficient (Wildman–Crippen LogP) is 3.65. The summed E-state index contributed by atoms with van der Waals surface area (Å²) >= 11 is 9.35. The Bertz CT molecular complexity index is 595. The normalized spacial score (nSPS) is 10.1. The molecule has 2 rings (SSSR count). The lowest BCUT2D eigenvalue weighted by Gasteiger charge is -2.13. The molecule has 0 bridgehead atoms. The van der Waals surface area contributed by atoms with Gasteiger partial charge >= 0.3 is 0 Å². The van der Waals surface area contributed by atoms with Gasteiger partial charge in [-0.15, -0.1) is 0 Å². The van der Waals surface area contributed by atoms with Gasteiger partial charge in [0.2, 0.25) is 0 Å². The number of nitrogens with one attached hydrogen (secondary N) is 1. The standard InChI is InChI=1S/C12H11BrClN3O2/c1-18-9-4-3-7(13)5-8(9)17-12-10(19-2)11(14)15-6-16-12/h3-6H,1-2H3,(H,15,16,17). The van der Waals surface area contributed by atoms with E-state index in [4.69, 9.17) is 21.1 Å². The molecule has 0 atom stereocenters. The Hall–Kier alpha value is -1.53. The zero-order chi connectivity index (χ0) is 13.8. The van der Waals surface area contributed by atoms with Crippen LogP contribution in [-0.2, 0) is 0 Å². The second-order valence-corrected chi connectivity index (χ2v) is 4.79. The van der Waals surface area contributed by atoms with Crippen molar-refractivity contribution in [1.82, 2.24) is 9.97 Å². The molecule has 0 fully saturated rings. The Balaban J connectivity index is 2.41. The summed E-state index contributed by atoms with van der Waals surface area (Å²) in [6.45, 7) is 0. The van der Waals surface area contributed by atoms with Crippen LogP contribution in [0.3, 0.4) is 0 Å². The van der Waals surface area contributed by atoms with Crippen molar-refractivity contribution >= 4 is 39.0 Å². The maximum atomic E-state index is 5.94. The van der Waals surface area contributed by atoms with Gasteiger partial charge in [0, 0.05) is 4.47 Å². The van der Waals surface area contributed by atoms with Crippen molar-refractivity contribution in [1.29, 1.82) is 0 Å². The number of aromatic nitrogens is 2. The Morgan fingerprint density at radius 1 is 1.21 bits per heavy atom. The van der Waals surface area contributed by atoms with Crippen LogP contribution in [0.2, 0.25) is 5.15 Å². The Morgan fingerprint density at radius 2 is 2.00 bits per heavy atom. The first-order valence-corrected chi connectivity index (χ1v) is 6.48.